The number of ether oxygens (including phenoxy) is 1. The maximum atomic E-state index is 12.0. The molecule has 1 aliphatic rings. The van der Waals surface area contributed by atoms with Crippen LogP contribution in [0, 0.1) is 11.8 Å². The fourth-order valence-electron chi connectivity index (χ4n) is 3.25. The van der Waals surface area contributed by atoms with Crippen molar-refractivity contribution in [3.8, 4) is 0 Å². The lowest BCUT2D eigenvalue weighted by atomic mass is 9.80. The number of rotatable bonds is 7. The molecule has 0 unspecified atom stereocenters. The number of nitrogens with one attached hydrogen (secondary N) is 2. The zero-order chi connectivity index (χ0) is 18.7. The van der Waals surface area contributed by atoms with E-state index in [9.17, 15) is 24.0 Å². The molecule has 1 saturated heterocycles. The van der Waals surface area contributed by atoms with Gasteiger partial charge in [0, 0.05) is 24.5 Å². The van der Waals surface area contributed by atoms with Crippen molar-refractivity contribution < 1.29 is 29.3 Å². The number of ketones is 1. The Morgan fingerprint density at radius 2 is 1.68 bits per heavy atom. The van der Waals surface area contributed by atoms with Gasteiger partial charge in [0.15, 0.2) is 0 Å². The van der Waals surface area contributed by atoms with Gasteiger partial charge in [0.1, 0.15) is 5.78 Å². The van der Waals surface area contributed by atoms with Crippen molar-refractivity contribution in [3.63, 3.8) is 0 Å². The van der Waals surface area contributed by atoms with Gasteiger partial charge in [0.2, 0.25) is 0 Å². The van der Waals surface area contributed by atoms with E-state index in [-0.39, 0.29) is 17.8 Å². The molecule has 1 aromatic rings. The average Bonchev–Trinajstić information content (AvgIpc) is 2.75. The third kappa shape index (κ3) is 4.41. The van der Waals surface area contributed by atoms with Crippen LogP contribution in [0.2, 0.25) is 0 Å². The van der Waals surface area contributed by atoms with Crippen LogP contribution in [0.4, 0.5) is 0 Å². The summed E-state index contributed by atoms with van der Waals surface area (Å²) in [7, 11) is 0. The molecule has 0 saturated carbocycles. The van der Waals surface area contributed by atoms with Crippen LogP contribution < -0.4 is 11.2 Å². The molecule has 0 radical (unpaired) electrons. The van der Waals surface area contributed by atoms with Crippen molar-refractivity contribution in [3.05, 3.63) is 32.6 Å². The zero-order valence-electron chi connectivity index (χ0n) is 13.4. The Morgan fingerprint density at radius 3 is 2.20 bits per heavy atom. The number of carboxylic acid groups (broad SMARTS) is 2. The molecular weight excluding hydrogens is 336 g/mol. The molecule has 0 spiro atoms. The second-order valence-electron chi connectivity index (χ2n) is 6.05. The summed E-state index contributed by atoms with van der Waals surface area (Å²) < 4.78 is 5.72. The SMILES string of the molecule is CC(=O)C[C@H]1O[C@H](c2c[nH]c(=O)[nH]c2=O)[C@@H](CC(=O)O)[C@H]1CC(=O)O. The summed E-state index contributed by atoms with van der Waals surface area (Å²) in [4.78, 5) is 61.3. The number of carbonyl (C=O) groups excluding carboxylic acids is 1. The Bertz CT molecular complexity index is 795. The molecule has 10 nitrogen and oxygen atoms in total. The molecule has 1 aliphatic heterocycles. The average molecular weight is 354 g/mol. The van der Waals surface area contributed by atoms with E-state index in [4.69, 9.17) is 14.9 Å². The smallest absolute Gasteiger partial charge is 0.325 e. The van der Waals surface area contributed by atoms with Crippen LogP contribution in [0.25, 0.3) is 0 Å². The predicted molar refractivity (Wildman–Crippen MR) is 82.1 cm³/mol. The van der Waals surface area contributed by atoms with Crippen LogP contribution in [0.3, 0.4) is 0 Å². The Balaban J connectivity index is 2.46. The van der Waals surface area contributed by atoms with Crippen LogP contribution in [0.15, 0.2) is 15.8 Å². The van der Waals surface area contributed by atoms with Crippen LogP contribution in [0.1, 0.15) is 37.9 Å². The summed E-state index contributed by atoms with van der Waals surface area (Å²) in [6, 6.07) is 0. The minimum atomic E-state index is -1.18. The third-order valence-electron chi connectivity index (χ3n) is 4.20. The molecule has 2 rings (SSSR count). The fraction of sp³-hybridized carbons (Fsp3) is 0.533. The van der Waals surface area contributed by atoms with Gasteiger partial charge in [-0.1, -0.05) is 0 Å². The molecule has 136 valence electrons. The predicted octanol–water partition coefficient (Wildman–Crippen LogP) is -0.336. The lowest BCUT2D eigenvalue weighted by molar-refractivity contribution is -0.141. The normalized spacial score (nSPS) is 25.6. The van der Waals surface area contributed by atoms with Gasteiger partial charge in [-0.15, -0.1) is 0 Å². The quantitative estimate of drug-likeness (QED) is 0.516. The first kappa shape index (κ1) is 18.6. The van der Waals surface area contributed by atoms with Crippen molar-refractivity contribution in [2.75, 3.05) is 0 Å². The van der Waals surface area contributed by atoms with Crippen molar-refractivity contribution in [2.24, 2.45) is 11.8 Å². The standard InChI is InChI=1S/C15H18N2O8/c1-6(18)2-10-7(3-11(19)20)8(4-12(21)22)13(25-10)9-5-16-15(24)17-14(9)23/h5,7-8,10,13H,2-4H2,1H3,(H,19,20)(H,21,22)(H2,16,17,23,24)/t7-,8+,10-,13+/m1/s1. The summed E-state index contributed by atoms with van der Waals surface area (Å²) in [5, 5.41) is 18.3. The molecule has 25 heavy (non-hydrogen) atoms. The monoisotopic (exact) mass is 354 g/mol. The first-order valence-corrected chi connectivity index (χ1v) is 7.59. The Labute approximate surface area is 140 Å². The number of hydrogen-bond donors (Lipinski definition) is 4. The van der Waals surface area contributed by atoms with E-state index in [1.54, 1.807) is 0 Å². The number of carboxylic acids is 2. The van der Waals surface area contributed by atoms with Crippen LogP contribution in [-0.2, 0) is 19.1 Å². The van der Waals surface area contributed by atoms with Gasteiger partial charge in [-0.05, 0) is 6.92 Å². The van der Waals surface area contributed by atoms with Gasteiger partial charge < -0.3 is 19.9 Å². The van der Waals surface area contributed by atoms with Gasteiger partial charge in [-0.2, -0.15) is 0 Å². The van der Waals surface area contributed by atoms with Crippen LogP contribution in [-0.4, -0.2) is 44.0 Å². The first-order chi connectivity index (χ1) is 11.7. The summed E-state index contributed by atoms with van der Waals surface area (Å²) in [5.74, 6) is -4.17. The number of H-pyrrole nitrogens is 2. The minimum Gasteiger partial charge on any atom is -0.481 e. The minimum absolute atomic E-state index is 0.00714. The van der Waals surface area contributed by atoms with E-state index >= 15 is 0 Å². The van der Waals surface area contributed by atoms with E-state index in [0.29, 0.717) is 0 Å². The number of carbonyl (C=O) groups is 3. The lowest BCUT2D eigenvalue weighted by Gasteiger charge is -2.21. The highest BCUT2D eigenvalue weighted by Crippen LogP contribution is 2.45. The Hall–Kier alpha value is -2.75. The molecule has 1 fully saturated rings. The summed E-state index contributed by atoms with van der Waals surface area (Å²) >= 11 is 0. The number of hydrogen-bond acceptors (Lipinski definition) is 6. The highest BCUT2D eigenvalue weighted by molar-refractivity contribution is 5.76. The molecule has 4 N–H and O–H groups in total. The first-order valence-electron chi connectivity index (χ1n) is 7.59. The maximum Gasteiger partial charge on any atom is 0.325 e. The second kappa shape index (κ2) is 7.43. The lowest BCUT2D eigenvalue weighted by Crippen LogP contribution is -2.30. The van der Waals surface area contributed by atoms with Gasteiger partial charge in [-0.25, -0.2) is 4.79 Å². The molecule has 10 heteroatoms. The number of aromatic amines is 2. The van der Waals surface area contributed by atoms with Crippen molar-refractivity contribution >= 4 is 17.7 Å². The molecule has 2 heterocycles. The van der Waals surface area contributed by atoms with Gasteiger partial charge >= 0.3 is 17.6 Å². The summed E-state index contributed by atoms with van der Waals surface area (Å²) in [5.41, 5.74) is -1.49. The van der Waals surface area contributed by atoms with Gasteiger partial charge in [0.25, 0.3) is 5.56 Å². The third-order valence-corrected chi connectivity index (χ3v) is 4.20. The van der Waals surface area contributed by atoms with Crippen molar-refractivity contribution in [1.82, 2.24) is 9.97 Å². The van der Waals surface area contributed by atoms with E-state index in [2.05, 4.69) is 4.98 Å². The topological polar surface area (TPSA) is 167 Å². The molecule has 0 aliphatic carbocycles. The molecule has 0 aromatic carbocycles. The van der Waals surface area contributed by atoms with Crippen molar-refractivity contribution in [2.45, 2.75) is 38.4 Å². The van der Waals surface area contributed by atoms with Crippen molar-refractivity contribution in [1.29, 1.82) is 0 Å². The van der Waals surface area contributed by atoms with E-state index in [0.717, 1.165) is 6.20 Å². The maximum absolute atomic E-state index is 12.0. The number of aromatic nitrogens is 2. The molecule has 1 aromatic heterocycles. The van der Waals surface area contributed by atoms with Gasteiger partial charge in [0.05, 0.1) is 30.6 Å². The largest absolute Gasteiger partial charge is 0.481 e. The highest BCUT2D eigenvalue weighted by atomic mass is 16.5. The highest BCUT2D eigenvalue weighted by Gasteiger charge is 2.47. The Kier molecular flexibility index (Phi) is 5.52. The molecule has 0 bridgehead atoms. The fourth-order valence-corrected chi connectivity index (χ4v) is 3.25. The molecule has 0 amide bonds. The van der Waals surface area contributed by atoms with E-state index in [1.165, 1.54) is 6.92 Å². The second-order valence-corrected chi connectivity index (χ2v) is 6.05. The van der Waals surface area contributed by atoms with Crippen LogP contribution >= 0.6 is 0 Å². The molecular formula is C15H18N2O8. The summed E-state index contributed by atoms with van der Waals surface area (Å²) in [6.07, 6.45) is -1.66. The van der Waals surface area contributed by atoms with Crippen LogP contribution in [0.5, 0.6) is 0 Å². The summed E-state index contributed by atoms with van der Waals surface area (Å²) in [6.45, 7) is 1.31. The number of Topliss-reactive ketones (excluding diaryl/α,β-unsaturated/α-hetero) is 1. The van der Waals surface area contributed by atoms with E-state index < -0.39 is 60.1 Å². The van der Waals surface area contributed by atoms with E-state index in [1.807, 2.05) is 4.98 Å². The number of aliphatic carboxylic acids is 2. The molecule has 4 atom stereocenters. The van der Waals surface area contributed by atoms with Gasteiger partial charge in [-0.3, -0.25) is 24.2 Å². The Morgan fingerprint density at radius 1 is 1.08 bits per heavy atom. The zero-order valence-corrected chi connectivity index (χ0v) is 13.4.